The zero-order chi connectivity index (χ0) is 10.7. The van der Waals surface area contributed by atoms with E-state index in [1.807, 2.05) is 6.07 Å². The van der Waals surface area contributed by atoms with E-state index in [0.717, 1.165) is 31.4 Å². The van der Waals surface area contributed by atoms with E-state index in [-0.39, 0.29) is 0 Å². The third kappa shape index (κ3) is 2.99. The second-order valence-electron chi connectivity index (χ2n) is 3.95. The van der Waals surface area contributed by atoms with E-state index >= 15 is 0 Å². The summed E-state index contributed by atoms with van der Waals surface area (Å²) in [6.07, 6.45) is 7.82. The smallest absolute Gasteiger partial charge is 0.0820 e. The Bertz CT molecular complexity index is 322. The number of aromatic nitrogens is 1. The van der Waals surface area contributed by atoms with Crippen molar-refractivity contribution in [2.45, 2.75) is 37.1 Å². The van der Waals surface area contributed by atoms with E-state index in [9.17, 15) is 0 Å². The van der Waals surface area contributed by atoms with Gasteiger partial charge in [-0.1, -0.05) is 11.6 Å². The second-order valence-corrected chi connectivity index (χ2v) is 4.97. The molecule has 1 N–H and O–H groups in total. The largest absolute Gasteiger partial charge is 0.381 e. The van der Waals surface area contributed by atoms with Gasteiger partial charge in [-0.3, -0.25) is 4.98 Å². The zero-order valence-electron chi connectivity index (χ0n) is 8.42. The fourth-order valence-corrected chi connectivity index (χ4v) is 2.34. The monoisotopic (exact) mass is 244 g/mol. The first-order valence-corrected chi connectivity index (χ1v) is 6.07. The van der Waals surface area contributed by atoms with E-state index in [0.29, 0.717) is 16.4 Å². The maximum Gasteiger partial charge on any atom is 0.0820 e. The summed E-state index contributed by atoms with van der Waals surface area (Å²) < 4.78 is 0. The van der Waals surface area contributed by atoms with Gasteiger partial charge in [0.05, 0.1) is 10.7 Å². The number of halogens is 2. The lowest BCUT2D eigenvalue weighted by molar-refractivity contribution is 0.468. The lowest BCUT2D eigenvalue weighted by atomic mass is 9.95. The van der Waals surface area contributed by atoms with Crippen LogP contribution in [0.2, 0.25) is 5.02 Å². The van der Waals surface area contributed by atoms with Crippen molar-refractivity contribution >= 4 is 28.9 Å². The van der Waals surface area contributed by atoms with Gasteiger partial charge in [-0.25, -0.2) is 0 Å². The Hall–Kier alpha value is -0.470. The highest BCUT2D eigenvalue weighted by atomic mass is 35.5. The van der Waals surface area contributed by atoms with Crippen molar-refractivity contribution in [2.75, 3.05) is 5.32 Å². The predicted octanol–water partition coefficient (Wildman–Crippen LogP) is 3.70. The SMILES string of the molecule is Clc1cnccc1NC1CCC(Cl)CC1. The number of hydrogen-bond donors (Lipinski definition) is 1. The van der Waals surface area contributed by atoms with Crippen molar-refractivity contribution in [1.82, 2.24) is 4.98 Å². The number of hydrogen-bond acceptors (Lipinski definition) is 2. The molecular weight excluding hydrogens is 231 g/mol. The molecule has 0 unspecified atom stereocenters. The summed E-state index contributed by atoms with van der Waals surface area (Å²) in [6.45, 7) is 0. The van der Waals surface area contributed by atoms with Gasteiger partial charge in [-0.2, -0.15) is 0 Å². The molecule has 1 saturated carbocycles. The van der Waals surface area contributed by atoms with Gasteiger partial charge in [0.15, 0.2) is 0 Å². The molecule has 0 amide bonds. The van der Waals surface area contributed by atoms with Crippen LogP contribution in [0, 0.1) is 0 Å². The first-order chi connectivity index (χ1) is 7.25. The molecule has 1 aromatic heterocycles. The molecule has 0 radical (unpaired) electrons. The average Bonchev–Trinajstić information content (AvgIpc) is 2.25. The number of anilines is 1. The van der Waals surface area contributed by atoms with Gasteiger partial charge >= 0.3 is 0 Å². The molecule has 0 aliphatic heterocycles. The van der Waals surface area contributed by atoms with Gasteiger partial charge in [0.1, 0.15) is 0 Å². The molecule has 4 heteroatoms. The van der Waals surface area contributed by atoms with Crippen LogP contribution in [-0.4, -0.2) is 16.4 Å². The average molecular weight is 245 g/mol. The molecule has 2 nitrogen and oxygen atoms in total. The van der Waals surface area contributed by atoms with Crippen LogP contribution in [0.1, 0.15) is 25.7 Å². The van der Waals surface area contributed by atoms with Gasteiger partial charge in [0, 0.05) is 23.8 Å². The molecule has 0 spiro atoms. The van der Waals surface area contributed by atoms with Crippen LogP contribution >= 0.6 is 23.2 Å². The summed E-state index contributed by atoms with van der Waals surface area (Å²) >= 11 is 12.1. The number of rotatable bonds is 2. The van der Waals surface area contributed by atoms with Crippen LogP contribution in [0.4, 0.5) is 5.69 Å². The summed E-state index contributed by atoms with van der Waals surface area (Å²) in [5.74, 6) is 0. The molecule has 82 valence electrons. The molecular formula is C11H14Cl2N2. The van der Waals surface area contributed by atoms with Gasteiger partial charge in [-0.05, 0) is 31.7 Å². The summed E-state index contributed by atoms with van der Waals surface area (Å²) in [6, 6.07) is 2.41. The van der Waals surface area contributed by atoms with Crippen molar-refractivity contribution < 1.29 is 0 Å². The topological polar surface area (TPSA) is 24.9 Å². The van der Waals surface area contributed by atoms with Gasteiger partial charge in [-0.15, -0.1) is 11.6 Å². The minimum Gasteiger partial charge on any atom is -0.381 e. The Morgan fingerprint density at radius 1 is 1.27 bits per heavy atom. The lowest BCUT2D eigenvalue weighted by Gasteiger charge is -2.26. The minimum absolute atomic E-state index is 0.357. The molecule has 0 bridgehead atoms. The van der Waals surface area contributed by atoms with Crippen LogP contribution in [0.3, 0.4) is 0 Å². The molecule has 1 fully saturated rings. The van der Waals surface area contributed by atoms with Crippen LogP contribution in [-0.2, 0) is 0 Å². The third-order valence-corrected chi connectivity index (χ3v) is 3.53. The van der Waals surface area contributed by atoms with Gasteiger partial charge in [0.25, 0.3) is 0 Å². The third-order valence-electron chi connectivity index (χ3n) is 2.79. The first kappa shape index (κ1) is 11.0. The fourth-order valence-electron chi connectivity index (χ4n) is 1.91. The normalized spacial score (nSPS) is 26.3. The molecule has 1 aliphatic carbocycles. The van der Waals surface area contributed by atoms with Crippen LogP contribution in [0.25, 0.3) is 0 Å². The Morgan fingerprint density at radius 2 is 2.00 bits per heavy atom. The quantitative estimate of drug-likeness (QED) is 0.803. The van der Waals surface area contributed by atoms with Crippen molar-refractivity contribution in [3.63, 3.8) is 0 Å². The fraction of sp³-hybridized carbons (Fsp3) is 0.545. The number of nitrogens with zero attached hydrogens (tertiary/aromatic N) is 1. The van der Waals surface area contributed by atoms with Gasteiger partial charge < -0.3 is 5.32 Å². The standard InChI is InChI=1S/C11H14Cl2N2/c12-8-1-3-9(4-2-8)15-11-5-6-14-7-10(11)13/h5-9H,1-4H2,(H,14,15). The van der Waals surface area contributed by atoms with Crippen LogP contribution in [0.5, 0.6) is 0 Å². The van der Waals surface area contributed by atoms with Crippen LogP contribution in [0.15, 0.2) is 18.5 Å². The van der Waals surface area contributed by atoms with Crippen LogP contribution < -0.4 is 5.32 Å². The van der Waals surface area contributed by atoms with E-state index in [2.05, 4.69) is 10.3 Å². The predicted molar refractivity (Wildman–Crippen MR) is 64.8 cm³/mol. The molecule has 0 aromatic carbocycles. The Morgan fingerprint density at radius 3 is 2.67 bits per heavy atom. The first-order valence-electron chi connectivity index (χ1n) is 5.26. The zero-order valence-corrected chi connectivity index (χ0v) is 9.93. The second kappa shape index (κ2) is 5.04. The van der Waals surface area contributed by atoms with Crippen molar-refractivity contribution in [3.05, 3.63) is 23.5 Å². The molecule has 0 saturated heterocycles. The maximum absolute atomic E-state index is 6.05. The molecule has 1 aromatic rings. The van der Waals surface area contributed by atoms with E-state index < -0.39 is 0 Å². The Labute approximate surface area is 100.0 Å². The Balaban J connectivity index is 1.95. The summed E-state index contributed by atoms with van der Waals surface area (Å²) in [5, 5.41) is 4.48. The Kier molecular flexibility index (Phi) is 3.71. The molecule has 1 heterocycles. The highest BCUT2D eigenvalue weighted by Crippen LogP contribution is 2.27. The molecule has 2 rings (SSSR count). The van der Waals surface area contributed by atoms with E-state index in [4.69, 9.17) is 23.2 Å². The number of pyridine rings is 1. The maximum atomic E-state index is 6.05. The highest BCUT2D eigenvalue weighted by Gasteiger charge is 2.19. The molecule has 0 atom stereocenters. The van der Waals surface area contributed by atoms with Crippen molar-refractivity contribution in [2.24, 2.45) is 0 Å². The van der Waals surface area contributed by atoms with E-state index in [1.54, 1.807) is 12.4 Å². The number of nitrogens with one attached hydrogen (secondary N) is 1. The van der Waals surface area contributed by atoms with Crippen molar-refractivity contribution in [3.8, 4) is 0 Å². The summed E-state index contributed by atoms with van der Waals surface area (Å²) in [7, 11) is 0. The molecule has 15 heavy (non-hydrogen) atoms. The minimum atomic E-state index is 0.357. The van der Waals surface area contributed by atoms with Gasteiger partial charge in [0.2, 0.25) is 0 Å². The summed E-state index contributed by atoms with van der Waals surface area (Å²) in [4.78, 5) is 3.96. The number of alkyl halides is 1. The van der Waals surface area contributed by atoms with E-state index in [1.165, 1.54) is 0 Å². The lowest BCUT2D eigenvalue weighted by Crippen LogP contribution is -2.26. The molecule has 1 aliphatic rings. The summed E-state index contributed by atoms with van der Waals surface area (Å²) in [5.41, 5.74) is 0.977. The van der Waals surface area contributed by atoms with Crippen molar-refractivity contribution in [1.29, 1.82) is 0 Å². The highest BCUT2D eigenvalue weighted by molar-refractivity contribution is 6.33.